The molecule has 2 heterocycles. The van der Waals surface area contributed by atoms with Crippen molar-refractivity contribution in [2.75, 3.05) is 5.75 Å². The van der Waals surface area contributed by atoms with Crippen LogP contribution < -0.4 is 5.32 Å². The van der Waals surface area contributed by atoms with E-state index in [2.05, 4.69) is 20.3 Å². The number of pyridine rings is 1. The molecule has 0 fully saturated rings. The molecule has 0 bridgehead atoms. The minimum absolute atomic E-state index is 0.00131. The highest BCUT2D eigenvalue weighted by molar-refractivity contribution is 8.00. The molecule has 2 rings (SSSR count). The Balaban J connectivity index is 1.71. The van der Waals surface area contributed by atoms with Gasteiger partial charge in [0.05, 0.1) is 24.3 Å². The minimum Gasteiger partial charge on any atom is -0.350 e. The fourth-order valence-corrected chi connectivity index (χ4v) is 1.92. The lowest BCUT2D eigenvalue weighted by molar-refractivity contribution is -0.118. The van der Waals surface area contributed by atoms with E-state index in [1.807, 2.05) is 12.1 Å². The van der Waals surface area contributed by atoms with E-state index < -0.39 is 0 Å². The monoisotopic (exact) mass is 248 g/mol. The minimum atomic E-state index is 0.00131. The Morgan fingerprint density at radius 1 is 1.35 bits per heavy atom. The Morgan fingerprint density at radius 3 is 2.88 bits per heavy atom. The van der Waals surface area contributed by atoms with Crippen molar-refractivity contribution in [3.05, 3.63) is 42.7 Å². The summed E-state index contributed by atoms with van der Waals surface area (Å²) in [6, 6.07) is 3.76. The van der Waals surface area contributed by atoms with Crippen molar-refractivity contribution in [1.29, 1.82) is 0 Å². The predicted molar refractivity (Wildman–Crippen MR) is 65.4 cm³/mol. The Bertz CT molecular complexity index is 458. The van der Waals surface area contributed by atoms with Gasteiger partial charge in [0.15, 0.2) is 0 Å². The molecule has 2 aromatic heterocycles. The van der Waals surface area contributed by atoms with Crippen LogP contribution in [0.5, 0.6) is 0 Å². The summed E-state index contributed by atoms with van der Waals surface area (Å²) in [5.41, 5.74) is 0.896. The third-order valence-corrected chi connectivity index (χ3v) is 3.06. The summed E-state index contributed by atoms with van der Waals surface area (Å²) < 4.78 is 0. The summed E-state index contributed by atoms with van der Waals surface area (Å²) in [7, 11) is 0. The maximum Gasteiger partial charge on any atom is 0.230 e. The van der Waals surface area contributed by atoms with Crippen LogP contribution in [0.2, 0.25) is 0 Å². The summed E-state index contributed by atoms with van der Waals surface area (Å²) in [5, 5.41) is 2.81. The zero-order chi connectivity index (χ0) is 11.9. The predicted octanol–water partition coefficient (Wildman–Crippen LogP) is 1.21. The lowest BCUT2D eigenvalue weighted by atomic mass is 10.5. The highest BCUT2D eigenvalue weighted by atomic mass is 32.2. The smallest absolute Gasteiger partial charge is 0.230 e. The number of aromatic nitrogens is 3. The van der Waals surface area contributed by atoms with E-state index in [1.165, 1.54) is 11.8 Å². The van der Waals surface area contributed by atoms with Crippen LogP contribution in [0.15, 0.2) is 41.9 Å². The number of nitrogens with zero attached hydrogens (tertiary/aromatic N) is 2. The van der Waals surface area contributed by atoms with Crippen LogP contribution in [0.25, 0.3) is 0 Å². The lowest BCUT2D eigenvalue weighted by Gasteiger charge is -2.03. The van der Waals surface area contributed by atoms with Gasteiger partial charge < -0.3 is 10.3 Å². The molecule has 5 nitrogen and oxygen atoms in total. The van der Waals surface area contributed by atoms with Crippen molar-refractivity contribution in [3.8, 4) is 0 Å². The Kier molecular flexibility index (Phi) is 4.15. The molecule has 6 heteroatoms. The van der Waals surface area contributed by atoms with Crippen LogP contribution in [0.3, 0.4) is 0 Å². The van der Waals surface area contributed by atoms with Gasteiger partial charge in [0.25, 0.3) is 0 Å². The average Bonchev–Trinajstić information content (AvgIpc) is 2.88. The maximum absolute atomic E-state index is 11.5. The molecule has 1 amide bonds. The van der Waals surface area contributed by atoms with Gasteiger partial charge in [-0.2, -0.15) is 0 Å². The molecule has 17 heavy (non-hydrogen) atoms. The number of aromatic amines is 1. The van der Waals surface area contributed by atoms with E-state index in [-0.39, 0.29) is 5.91 Å². The zero-order valence-electron chi connectivity index (χ0n) is 9.09. The number of nitrogens with one attached hydrogen (secondary N) is 2. The molecule has 0 aromatic carbocycles. The summed E-state index contributed by atoms with van der Waals surface area (Å²) in [4.78, 5) is 23.3. The van der Waals surface area contributed by atoms with Gasteiger partial charge in [0.2, 0.25) is 5.91 Å². The van der Waals surface area contributed by atoms with E-state index in [4.69, 9.17) is 0 Å². The van der Waals surface area contributed by atoms with Crippen LogP contribution in [-0.2, 0) is 11.3 Å². The van der Waals surface area contributed by atoms with Crippen LogP contribution >= 0.6 is 11.8 Å². The number of amides is 1. The second-order valence-electron chi connectivity index (χ2n) is 3.33. The molecule has 0 saturated carbocycles. The van der Waals surface area contributed by atoms with Gasteiger partial charge in [0, 0.05) is 23.5 Å². The van der Waals surface area contributed by atoms with E-state index in [0.29, 0.717) is 12.3 Å². The summed E-state index contributed by atoms with van der Waals surface area (Å²) >= 11 is 1.49. The molecule has 0 spiro atoms. The van der Waals surface area contributed by atoms with Crippen molar-refractivity contribution in [1.82, 2.24) is 20.3 Å². The summed E-state index contributed by atoms with van der Waals surface area (Å²) in [6.07, 6.45) is 6.71. The van der Waals surface area contributed by atoms with Crippen LogP contribution in [0, 0.1) is 0 Å². The fraction of sp³-hybridized carbons (Fsp3) is 0.182. The average molecular weight is 248 g/mol. The standard InChI is InChI=1S/C11H12N4OS/c16-11(14-6-9-5-13-8-15-9)7-17-10-1-3-12-4-2-10/h1-5,8H,6-7H2,(H,13,15)(H,14,16). The van der Waals surface area contributed by atoms with Gasteiger partial charge in [-0.05, 0) is 12.1 Å². The molecule has 2 N–H and O–H groups in total. The molecule has 0 aliphatic rings. The van der Waals surface area contributed by atoms with Gasteiger partial charge in [-0.1, -0.05) is 0 Å². The van der Waals surface area contributed by atoms with Crippen molar-refractivity contribution in [2.45, 2.75) is 11.4 Å². The van der Waals surface area contributed by atoms with Gasteiger partial charge in [-0.3, -0.25) is 9.78 Å². The van der Waals surface area contributed by atoms with Gasteiger partial charge in [-0.15, -0.1) is 11.8 Å². The normalized spacial score (nSPS) is 10.1. The Hall–Kier alpha value is -1.82. The Labute approximate surface area is 103 Å². The van der Waals surface area contributed by atoms with E-state index >= 15 is 0 Å². The van der Waals surface area contributed by atoms with Crippen molar-refractivity contribution in [2.24, 2.45) is 0 Å². The van der Waals surface area contributed by atoms with Crippen LogP contribution in [0.4, 0.5) is 0 Å². The third-order valence-electron chi connectivity index (χ3n) is 2.05. The first kappa shape index (κ1) is 11.7. The highest BCUT2D eigenvalue weighted by Gasteiger charge is 2.02. The first-order valence-corrected chi connectivity index (χ1v) is 6.10. The number of H-pyrrole nitrogens is 1. The van der Waals surface area contributed by atoms with Crippen molar-refractivity contribution >= 4 is 17.7 Å². The lowest BCUT2D eigenvalue weighted by Crippen LogP contribution is -2.24. The number of hydrogen-bond acceptors (Lipinski definition) is 4. The zero-order valence-corrected chi connectivity index (χ0v) is 9.91. The van der Waals surface area contributed by atoms with Gasteiger partial charge >= 0.3 is 0 Å². The second-order valence-corrected chi connectivity index (χ2v) is 4.37. The van der Waals surface area contributed by atoms with Crippen molar-refractivity contribution < 1.29 is 4.79 Å². The molecule has 0 radical (unpaired) electrons. The van der Waals surface area contributed by atoms with E-state index in [9.17, 15) is 4.79 Å². The molecule has 0 aliphatic carbocycles. The molecule has 0 aliphatic heterocycles. The number of rotatable bonds is 5. The highest BCUT2D eigenvalue weighted by Crippen LogP contribution is 2.15. The molecule has 0 atom stereocenters. The number of thioether (sulfide) groups is 1. The molecule has 2 aromatic rings. The first-order chi connectivity index (χ1) is 8.34. The fourth-order valence-electron chi connectivity index (χ4n) is 1.21. The molecular formula is C11H12N4OS. The summed E-state index contributed by atoms with van der Waals surface area (Å²) in [5.74, 6) is 0.402. The number of carbonyl (C=O) groups is 1. The Morgan fingerprint density at radius 2 is 2.18 bits per heavy atom. The first-order valence-electron chi connectivity index (χ1n) is 5.11. The number of carbonyl (C=O) groups excluding carboxylic acids is 1. The number of hydrogen-bond donors (Lipinski definition) is 2. The van der Waals surface area contributed by atoms with E-state index in [0.717, 1.165) is 10.6 Å². The van der Waals surface area contributed by atoms with Crippen LogP contribution in [-0.4, -0.2) is 26.6 Å². The topological polar surface area (TPSA) is 70.7 Å². The summed E-state index contributed by atoms with van der Waals surface area (Å²) in [6.45, 7) is 0.482. The molecule has 88 valence electrons. The van der Waals surface area contributed by atoms with Gasteiger partial charge in [0.1, 0.15) is 0 Å². The SMILES string of the molecule is O=C(CSc1ccncc1)NCc1cnc[nH]1. The van der Waals surface area contributed by atoms with Gasteiger partial charge in [-0.25, -0.2) is 4.98 Å². The largest absolute Gasteiger partial charge is 0.350 e. The van der Waals surface area contributed by atoms with Crippen molar-refractivity contribution in [3.63, 3.8) is 0 Å². The molecule has 0 saturated heterocycles. The molecular weight excluding hydrogens is 236 g/mol. The van der Waals surface area contributed by atoms with E-state index in [1.54, 1.807) is 24.9 Å². The van der Waals surface area contributed by atoms with Crippen LogP contribution in [0.1, 0.15) is 5.69 Å². The number of imidazole rings is 1. The maximum atomic E-state index is 11.5. The second kappa shape index (κ2) is 6.05. The molecule has 0 unspecified atom stereocenters. The quantitative estimate of drug-likeness (QED) is 0.780. The third kappa shape index (κ3) is 3.92.